The van der Waals surface area contributed by atoms with Crippen LogP contribution in [0.5, 0.6) is 11.5 Å². The summed E-state index contributed by atoms with van der Waals surface area (Å²) in [5, 5.41) is 3.47. The molecule has 1 atom stereocenters. The molecule has 176 valence electrons. The molecule has 1 amide bonds. The second-order valence-electron chi connectivity index (χ2n) is 8.39. The van der Waals surface area contributed by atoms with Crippen LogP contribution in [-0.2, 0) is 16.1 Å². The van der Waals surface area contributed by atoms with Crippen molar-refractivity contribution in [3.63, 3.8) is 0 Å². The number of aromatic nitrogens is 1. The molecule has 1 aliphatic heterocycles. The molecule has 35 heavy (non-hydrogen) atoms. The van der Waals surface area contributed by atoms with Crippen molar-refractivity contribution in [1.82, 2.24) is 10.3 Å². The highest BCUT2D eigenvalue weighted by atomic mass is 16.7. The minimum Gasteiger partial charge on any atom is -0.454 e. The van der Waals surface area contributed by atoms with Gasteiger partial charge in [0.1, 0.15) is 0 Å². The summed E-state index contributed by atoms with van der Waals surface area (Å²) in [5.74, 6) is 0.345. The molecule has 2 heterocycles. The monoisotopic (exact) mass is 468 g/mol. The second-order valence-corrected chi connectivity index (χ2v) is 8.39. The Kier molecular flexibility index (Phi) is 6.06. The van der Waals surface area contributed by atoms with Crippen LogP contribution in [-0.4, -0.2) is 29.8 Å². The van der Waals surface area contributed by atoms with Gasteiger partial charge in [0.15, 0.2) is 17.6 Å². The normalized spacial score (nSPS) is 12.9. The molecule has 5 rings (SSSR count). The number of hydrogen-bond donors (Lipinski definition) is 1. The maximum Gasteiger partial charge on any atom is 0.339 e. The number of ether oxygens (including phenoxy) is 3. The number of carbonyl (C=O) groups excluding carboxylic acids is 2. The molecule has 3 aromatic carbocycles. The van der Waals surface area contributed by atoms with Crippen LogP contribution in [0.4, 0.5) is 0 Å². The number of esters is 1. The highest BCUT2D eigenvalue weighted by Crippen LogP contribution is 2.32. The van der Waals surface area contributed by atoms with Crippen molar-refractivity contribution in [2.75, 3.05) is 6.79 Å². The van der Waals surface area contributed by atoms with E-state index in [1.54, 1.807) is 19.1 Å². The van der Waals surface area contributed by atoms with E-state index in [1.807, 2.05) is 67.6 Å². The summed E-state index contributed by atoms with van der Waals surface area (Å²) in [6.07, 6.45) is -0.980. The van der Waals surface area contributed by atoms with Crippen molar-refractivity contribution in [1.29, 1.82) is 0 Å². The van der Waals surface area contributed by atoms with E-state index >= 15 is 0 Å². The lowest BCUT2D eigenvalue weighted by molar-refractivity contribution is -0.129. The lowest BCUT2D eigenvalue weighted by Crippen LogP contribution is -2.35. The van der Waals surface area contributed by atoms with Gasteiger partial charge in [0.2, 0.25) is 6.79 Å². The molecule has 0 fully saturated rings. The third-order valence-electron chi connectivity index (χ3n) is 5.84. The molecule has 0 saturated carbocycles. The van der Waals surface area contributed by atoms with Crippen LogP contribution in [0.1, 0.15) is 28.4 Å². The third kappa shape index (κ3) is 4.80. The number of fused-ring (bicyclic) bond motifs is 2. The van der Waals surface area contributed by atoms with E-state index in [9.17, 15) is 9.59 Å². The fourth-order valence-electron chi connectivity index (χ4n) is 3.88. The minimum absolute atomic E-state index is 0.188. The smallest absolute Gasteiger partial charge is 0.339 e. The van der Waals surface area contributed by atoms with Gasteiger partial charge in [0.05, 0.1) is 16.8 Å². The van der Waals surface area contributed by atoms with Gasteiger partial charge in [-0.2, -0.15) is 0 Å². The molecule has 0 radical (unpaired) electrons. The van der Waals surface area contributed by atoms with Gasteiger partial charge in [-0.25, -0.2) is 9.78 Å². The quantitative estimate of drug-likeness (QED) is 0.409. The van der Waals surface area contributed by atoms with Crippen molar-refractivity contribution >= 4 is 22.8 Å². The molecular formula is C28H24N2O5. The van der Waals surface area contributed by atoms with Crippen LogP contribution >= 0.6 is 0 Å². The lowest BCUT2D eigenvalue weighted by Gasteiger charge is -2.15. The summed E-state index contributed by atoms with van der Waals surface area (Å²) >= 11 is 0. The van der Waals surface area contributed by atoms with E-state index in [2.05, 4.69) is 5.32 Å². The van der Waals surface area contributed by atoms with Gasteiger partial charge in [0, 0.05) is 17.5 Å². The largest absolute Gasteiger partial charge is 0.454 e. The number of pyridine rings is 1. The van der Waals surface area contributed by atoms with Gasteiger partial charge in [-0.3, -0.25) is 4.79 Å². The standard InChI is InChI=1S/C28H24N2O5/c1-17-7-10-20(11-8-17)24-14-22(21-5-3-4-6-23(21)30-24)28(32)35-18(2)27(31)29-15-19-9-12-25-26(13-19)34-16-33-25/h3-14,18H,15-16H2,1-2H3,(H,29,31). The Labute approximate surface area is 202 Å². The maximum atomic E-state index is 13.2. The first-order chi connectivity index (χ1) is 17.0. The Morgan fingerprint density at radius 1 is 1.00 bits per heavy atom. The Balaban J connectivity index is 1.32. The predicted octanol–water partition coefficient (Wildman–Crippen LogP) is 4.80. The second kappa shape index (κ2) is 9.46. The summed E-state index contributed by atoms with van der Waals surface area (Å²) in [6.45, 7) is 4.02. The predicted molar refractivity (Wildman–Crippen MR) is 131 cm³/mol. The number of nitrogens with one attached hydrogen (secondary N) is 1. The summed E-state index contributed by atoms with van der Waals surface area (Å²) < 4.78 is 16.2. The summed E-state index contributed by atoms with van der Waals surface area (Å²) in [5.41, 5.74) is 4.58. The van der Waals surface area contributed by atoms with Gasteiger partial charge in [0.25, 0.3) is 5.91 Å². The van der Waals surface area contributed by atoms with Crippen LogP contribution in [0.3, 0.4) is 0 Å². The zero-order chi connectivity index (χ0) is 24.4. The minimum atomic E-state index is -0.980. The highest BCUT2D eigenvalue weighted by molar-refractivity contribution is 6.05. The lowest BCUT2D eigenvalue weighted by atomic mass is 10.0. The van der Waals surface area contributed by atoms with Crippen LogP contribution in [0.2, 0.25) is 0 Å². The molecule has 0 saturated heterocycles. The summed E-state index contributed by atoms with van der Waals surface area (Å²) in [6, 6.07) is 22.5. The van der Waals surface area contributed by atoms with Crippen LogP contribution in [0.15, 0.2) is 72.8 Å². The molecular weight excluding hydrogens is 444 g/mol. The number of benzene rings is 3. The van der Waals surface area contributed by atoms with Crippen molar-refractivity contribution in [2.45, 2.75) is 26.5 Å². The van der Waals surface area contributed by atoms with E-state index in [4.69, 9.17) is 19.2 Å². The molecule has 0 spiro atoms. The SMILES string of the molecule is Cc1ccc(-c2cc(C(=O)OC(C)C(=O)NCc3ccc4c(c3)OCO4)c3ccccc3n2)cc1. The molecule has 1 unspecified atom stereocenters. The van der Waals surface area contributed by atoms with E-state index in [0.717, 1.165) is 16.7 Å². The van der Waals surface area contributed by atoms with E-state index in [0.29, 0.717) is 33.7 Å². The topological polar surface area (TPSA) is 86.8 Å². The van der Waals surface area contributed by atoms with Gasteiger partial charge >= 0.3 is 5.97 Å². The van der Waals surface area contributed by atoms with Crippen molar-refractivity contribution in [3.05, 3.63) is 89.5 Å². The molecule has 7 nitrogen and oxygen atoms in total. The van der Waals surface area contributed by atoms with Crippen LogP contribution in [0, 0.1) is 6.92 Å². The first-order valence-electron chi connectivity index (χ1n) is 11.3. The average Bonchev–Trinajstić information content (AvgIpc) is 3.35. The van der Waals surface area contributed by atoms with Crippen molar-refractivity contribution in [3.8, 4) is 22.8 Å². The fourth-order valence-corrected chi connectivity index (χ4v) is 3.88. The fraction of sp³-hybridized carbons (Fsp3) is 0.179. The molecule has 4 aromatic rings. The molecule has 1 N–H and O–H groups in total. The van der Waals surface area contributed by atoms with E-state index in [1.165, 1.54) is 0 Å². The third-order valence-corrected chi connectivity index (χ3v) is 5.84. The van der Waals surface area contributed by atoms with Gasteiger partial charge in [-0.1, -0.05) is 54.1 Å². The number of carbonyl (C=O) groups is 2. The van der Waals surface area contributed by atoms with Gasteiger partial charge in [-0.15, -0.1) is 0 Å². The number of aryl methyl sites for hydroxylation is 1. The van der Waals surface area contributed by atoms with Crippen LogP contribution in [0.25, 0.3) is 22.2 Å². The molecule has 1 aromatic heterocycles. The van der Waals surface area contributed by atoms with Crippen molar-refractivity contribution < 1.29 is 23.8 Å². The Hall–Kier alpha value is -4.39. The molecule has 1 aliphatic rings. The Morgan fingerprint density at radius 3 is 2.60 bits per heavy atom. The summed E-state index contributed by atoms with van der Waals surface area (Å²) in [4.78, 5) is 30.5. The van der Waals surface area contributed by atoms with Gasteiger partial charge in [-0.05, 0) is 43.7 Å². The first-order valence-corrected chi connectivity index (χ1v) is 11.3. The number of rotatable bonds is 6. The number of para-hydroxylation sites is 1. The maximum absolute atomic E-state index is 13.2. The van der Waals surface area contributed by atoms with E-state index in [-0.39, 0.29) is 13.3 Å². The summed E-state index contributed by atoms with van der Waals surface area (Å²) in [7, 11) is 0. The Morgan fingerprint density at radius 2 is 1.77 bits per heavy atom. The number of amides is 1. The van der Waals surface area contributed by atoms with Crippen molar-refractivity contribution in [2.24, 2.45) is 0 Å². The number of nitrogens with zero attached hydrogens (tertiary/aromatic N) is 1. The van der Waals surface area contributed by atoms with Gasteiger partial charge < -0.3 is 19.5 Å². The number of hydrogen-bond acceptors (Lipinski definition) is 6. The average molecular weight is 469 g/mol. The first kappa shape index (κ1) is 22.4. The molecule has 0 aliphatic carbocycles. The highest BCUT2D eigenvalue weighted by Gasteiger charge is 2.22. The zero-order valence-corrected chi connectivity index (χ0v) is 19.4. The Bertz CT molecular complexity index is 1420. The van der Waals surface area contributed by atoms with Crippen LogP contribution < -0.4 is 14.8 Å². The zero-order valence-electron chi connectivity index (χ0n) is 19.4. The molecule has 0 bridgehead atoms. The van der Waals surface area contributed by atoms with E-state index < -0.39 is 18.0 Å². The molecule has 7 heteroatoms.